The first kappa shape index (κ1) is 23.5. The Morgan fingerprint density at radius 2 is 1.65 bits per heavy atom. The Hall–Kier alpha value is -3.85. The third kappa shape index (κ3) is 4.44. The van der Waals surface area contributed by atoms with E-state index in [0.717, 1.165) is 59.9 Å². The first-order valence-electron chi connectivity index (χ1n) is 12.9. The zero-order valence-corrected chi connectivity index (χ0v) is 21.0. The van der Waals surface area contributed by atoms with Gasteiger partial charge in [0.2, 0.25) is 5.91 Å². The summed E-state index contributed by atoms with van der Waals surface area (Å²) in [7, 11) is 1.91. The van der Waals surface area contributed by atoms with Gasteiger partial charge in [0.1, 0.15) is 0 Å². The molecule has 0 radical (unpaired) electrons. The van der Waals surface area contributed by atoms with Crippen molar-refractivity contribution in [1.82, 2.24) is 34.4 Å². The van der Waals surface area contributed by atoms with Crippen molar-refractivity contribution >= 4 is 5.91 Å². The molecule has 1 N–H and O–H groups in total. The molecule has 1 spiro atoms. The van der Waals surface area contributed by atoms with Crippen LogP contribution in [-0.2, 0) is 11.8 Å². The lowest BCUT2D eigenvalue weighted by molar-refractivity contribution is -0.133. The number of nitrogens with zero attached hydrogens (tertiary/aromatic N) is 7. The van der Waals surface area contributed by atoms with Gasteiger partial charge in [-0.2, -0.15) is 10.2 Å². The summed E-state index contributed by atoms with van der Waals surface area (Å²) in [5, 5.41) is 18.3. The van der Waals surface area contributed by atoms with E-state index in [1.54, 1.807) is 4.68 Å². The smallest absolute Gasteiger partial charge is 0.223 e. The topological polar surface area (TPSA) is 102 Å². The Bertz CT molecular complexity index is 1400. The number of hydrogen-bond acceptors (Lipinski definition) is 6. The minimum Gasteiger partial charge on any atom is -0.395 e. The van der Waals surface area contributed by atoms with E-state index < -0.39 is 0 Å². The molecule has 2 fully saturated rings. The second-order valence-electron chi connectivity index (χ2n) is 10.2. The van der Waals surface area contributed by atoms with E-state index >= 15 is 0 Å². The van der Waals surface area contributed by atoms with Crippen molar-refractivity contribution in [3.63, 3.8) is 0 Å². The molecule has 1 aliphatic heterocycles. The third-order valence-corrected chi connectivity index (χ3v) is 8.01. The summed E-state index contributed by atoms with van der Waals surface area (Å²) in [6.45, 7) is 0.468. The molecule has 9 heteroatoms. The first-order chi connectivity index (χ1) is 18.0. The second kappa shape index (κ2) is 9.55. The molecule has 2 aliphatic rings. The number of likely N-dealkylation sites (tertiary alicyclic amines) is 1. The molecule has 1 aliphatic carbocycles. The number of β-amino-alcohol motifs (C(OH)–C–C–N with tert-alkyl or cyclic N) is 1. The number of aliphatic hydroxyl groups excluding tert-OH is 1. The lowest BCUT2D eigenvalue weighted by Crippen LogP contribution is -2.49. The van der Waals surface area contributed by atoms with Gasteiger partial charge in [-0.25, -0.2) is 9.97 Å². The van der Waals surface area contributed by atoms with Gasteiger partial charge < -0.3 is 10.0 Å². The van der Waals surface area contributed by atoms with E-state index in [-0.39, 0.29) is 18.1 Å². The van der Waals surface area contributed by atoms with Crippen LogP contribution in [0.3, 0.4) is 0 Å². The number of amides is 1. The molecule has 0 unspecified atom stereocenters. The molecule has 37 heavy (non-hydrogen) atoms. The van der Waals surface area contributed by atoms with Crippen LogP contribution in [0, 0.1) is 0 Å². The van der Waals surface area contributed by atoms with Gasteiger partial charge in [0.05, 0.1) is 25.0 Å². The lowest BCUT2D eigenvalue weighted by atomic mass is 9.77. The van der Waals surface area contributed by atoms with Crippen molar-refractivity contribution in [3.8, 4) is 33.6 Å². The van der Waals surface area contributed by atoms with Crippen molar-refractivity contribution in [2.75, 3.05) is 13.2 Å². The van der Waals surface area contributed by atoms with Gasteiger partial charge in [-0.05, 0) is 43.7 Å². The van der Waals surface area contributed by atoms with Gasteiger partial charge in [-0.3, -0.25) is 14.2 Å². The van der Waals surface area contributed by atoms with Crippen LogP contribution < -0.4 is 0 Å². The van der Waals surface area contributed by atoms with Crippen molar-refractivity contribution in [2.24, 2.45) is 7.05 Å². The monoisotopic (exact) mass is 497 g/mol. The summed E-state index contributed by atoms with van der Waals surface area (Å²) in [6.07, 6.45) is 16.9. The Morgan fingerprint density at radius 3 is 2.38 bits per heavy atom. The van der Waals surface area contributed by atoms with Gasteiger partial charge in [-0.1, -0.05) is 18.2 Å². The largest absolute Gasteiger partial charge is 0.395 e. The van der Waals surface area contributed by atoms with Gasteiger partial charge >= 0.3 is 0 Å². The Labute approximate surface area is 215 Å². The molecule has 4 aromatic rings. The molecule has 1 amide bonds. The highest BCUT2D eigenvalue weighted by Gasteiger charge is 2.47. The highest BCUT2D eigenvalue weighted by Crippen LogP contribution is 2.45. The fourth-order valence-electron chi connectivity index (χ4n) is 5.98. The van der Waals surface area contributed by atoms with Crippen LogP contribution in [0.25, 0.3) is 33.6 Å². The average Bonchev–Trinajstić information content (AvgIpc) is 3.67. The maximum Gasteiger partial charge on any atom is 0.223 e. The SMILES string of the molecule is Cn1cc(-c2cccc(-c3ncc(-c4cnn(C5CCC6(CCC(=O)N6CCO)CC5)c4)cn3)c2)cn1. The summed E-state index contributed by atoms with van der Waals surface area (Å²) < 4.78 is 3.85. The predicted octanol–water partition coefficient (Wildman–Crippen LogP) is 3.88. The van der Waals surface area contributed by atoms with Crippen LogP contribution in [0.15, 0.2) is 61.4 Å². The Morgan fingerprint density at radius 1 is 0.919 bits per heavy atom. The normalized spacial score (nSPS) is 21.7. The first-order valence-corrected chi connectivity index (χ1v) is 12.9. The fraction of sp³-hybridized carbons (Fsp3) is 0.393. The van der Waals surface area contributed by atoms with Crippen LogP contribution in [-0.4, -0.2) is 64.1 Å². The standard InChI is InChI=1S/C28H31N7O2/c1-33-18-23(16-31-33)20-3-2-4-21(13-20)27-29-14-22(15-30-27)24-17-32-35(19-24)25-5-8-28(9-6-25)10-7-26(37)34(28)11-12-36/h2-4,13-19,25,36H,5-12H2,1H3. The molecule has 1 aromatic carbocycles. The van der Waals surface area contributed by atoms with Crippen molar-refractivity contribution in [3.05, 3.63) is 61.4 Å². The highest BCUT2D eigenvalue weighted by atomic mass is 16.3. The molecule has 3 aromatic heterocycles. The van der Waals surface area contributed by atoms with Crippen LogP contribution in [0.2, 0.25) is 0 Å². The highest BCUT2D eigenvalue weighted by molar-refractivity contribution is 5.79. The van der Waals surface area contributed by atoms with E-state index in [0.29, 0.717) is 24.8 Å². The molecule has 190 valence electrons. The molecule has 1 saturated heterocycles. The lowest BCUT2D eigenvalue weighted by Gasteiger charge is -2.43. The predicted molar refractivity (Wildman–Crippen MR) is 139 cm³/mol. The zero-order chi connectivity index (χ0) is 25.4. The van der Waals surface area contributed by atoms with Crippen LogP contribution in [0.1, 0.15) is 44.6 Å². The second-order valence-corrected chi connectivity index (χ2v) is 10.2. The number of benzene rings is 1. The number of aliphatic hydroxyl groups is 1. The number of aryl methyl sites for hydroxylation is 1. The maximum atomic E-state index is 12.3. The van der Waals surface area contributed by atoms with Crippen LogP contribution >= 0.6 is 0 Å². The Kier molecular flexibility index (Phi) is 6.08. The number of rotatable bonds is 6. The van der Waals surface area contributed by atoms with E-state index in [1.165, 1.54) is 0 Å². The number of carbonyl (C=O) groups excluding carboxylic acids is 1. The van der Waals surface area contributed by atoms with E-state index in [2.05, 4.69) is 43.2 Å². The summed E-state index contributed by atoms with van der Waals surface area (Å²) in [5.74, 6) is 0.860. The summed E-state index contributed by atoms with van der Waals surface area (Å²) >= 11 is 0. The minimum atomic E-state index is -0.0791. The van der Waals surface area contributed by atoms with E-state index in [4.69, 9.17) is 0 Å². The van der Waals surface area contributed by atoms with E-state index in [1.807, 2.05) is 55.1 Å². The molecule has 0 bridgehead atoms. The maximum absolute atomic E-state index is 12.3. The van der Waals surface area contributed by atoms with Gasteiger partial charge in [0.15, 0.2) is 5.82 Å². The van der Waals surface area contributed by atoms with Gasteiger partial charge in [0, 0.05) is 72.6 Å². The average molecular weight is 498 g/mol. The van der Waals surface area contributed by atoms with Gasteiger partial charge in [-0.15, -0.1) is 0 Å². The molecule has 4 heterocycles. The molecule has 0 atom stereocenters. The Balaban J connectivity index is 1.14. The number of hydrogen-bond donors (Lipinski definition) is 1. The minimum absolute atomic E-state index is 0.0240. The molecule has 1 saturated carbocycles. The van der Waals surface area contributed by atoms with Crippen molar-refractivity contribution < 1.29 is 9.90 Å². The van der Waals surface area contributed by atoms with E-state index in [9.17, 15) is 9.90 Å². The number of aromatic nitrogens is 6. The molecule has 6 rings (SSSR count). The molecular weight excluding hydrogens is 466 g/mol. The summed E-state index contributed by atoms with van der Waals surface area (Å²) in [4.78, 5) is 23.5. The third-order valence-electron chi connectivity index (χ3n) is 8.01. The summed E-state index contributed by atoms with van der Waals surface area (Å²) in [5.41, 5.74) is 4.94. The van der Waals surface area contributed by atoms with Crippen LogP contribution in [0.4, 0.5) is 0 Å². The fourth-order valence-corrected chi connectivity index (χ4v) is 5.98. The van der Waals surface area contributed by atoms with Crippen LogP contribution in [0.5, 0.6) is 0 Å². The van der Waals surface area contributed by atoms with Crippen molar-refractivity contribution in [1.29, 1.82) is 0 Å². The summed E-state index contributed by atoms with van der Waals surface area (Å²) in [6, 6.07) is 8.48. The van der Waals surface area contributed by atoms with Crippen molar-refractivity contribution in [2.45, 2.75) is 50.1 Å². The zero-order valence-electron chi connectivity index (χ0n) is 21.0. The van der Waals surface area contributed by atoms with Gasteiger partial charge in [0.25, 0.3) is 0 Å². The molecule has 9 nitrogen and oxygen atoms in total. The molecular formula is C28H31N7O2. The quantitative estimate of drug-likeness (QED) is 0.434. The number of carbonyl (C=O) groups is 1.